The van der Waals surface area contributed by atoms with Gasteiger partial charge in [0.05, 0.1) is 25.3 Å². The van der Waals surface area contributed by atoms with E-state index in [-0.39, 0.29) is 70.4 Å². The maximum atomic E-state index is 15.5. The number of amides is 15. The molecule has 3 aromatic heterocycles. The second-order valence-electron chi connectivity index (χ2n) is 31.7. The molecule has 25 N–H and O–H groups in total. The van der Waals surface area contributed by atoms with Gasteiger partial charge < -0.3 is 121 Å². The molecule has 7 rings (SSSR count). The number of hydrogen-bond donors (Lipinski definition) is 21. The van der Waals surface area contributed by atoms with Crippen molar-refractivity contribution in [2.45, 2.75) is 205 Å². The lowest BCUT2D eigenvalue weighted by atomic mass is 9.97. The van der Waals surface area contributed by atoms with Crippen LogP contribution in [0.3, 0.4) is 0 Å². The van der Waals surface area contributed by atoms with Gasteiger partial charge in [-0.15, -0.1) is 0 Å². The number of nitrogens with one attached hydrogen (secondary N) is 15. The van der Waals surface area contributed by atoms with Gasteiger partial charge in [-0.25, -0.2) is 4.98 Å². The van der Waals surface area contributed by atoms with E-state index in [1.165, 1.54) is 45.7 Å². The van der Waals surface area contributed by atoms with Crippen LogP contribution in [0.4, 0.5) is 0 Å². The van der Waals surface area contributed by atoms with Gasteiger partial charge in [-0.2, -0.15) is 0 Å². The molecule has 1 aliphatic rings. The molecule has 0 aliphatic carbocycles. The number of aryl methyl sites for hydroxylation is 1. The Morgan fingerprint density at radius 3 is 1.85 bits per heavy atom. The monoisotopic (exact) mass is 1800 g/mol. The molecule has 0 saturated carbocycles. The third kappa shape index (κ3) is 30.5. The van der Waals surface area contributed by atoms with Crippen molar-refractivity contribution >= 4 is 144 Å². The predicted molar refractivity (Wildman–Crippen MR) is 476 cm³/mol. The molecule has 1 fully saturated rings. The second-order valence-corrected chi connectivity index (χ2v) is 34.3. The van der Waals surface area contributed by atoms with Crippen molar-refractivity contribution in [3.8, 4) is 5.75 Å². The van der Waals surface area contributed by atoms with Crippen molar-refractivity contribution in [3.63, 3.8) is 0 Å². The molecule has 3 aromatic carbocycles. The van der Waals surface area contributed by atoms with Gasteiger partial charge >= 0.3 is 5.97 Å². The van der Waals surface area contributed by atoms with E-state index in [4.69, 9.17) is 28.3 Å². The molecule has 0 radical (unpaired) electrons. The average Bonchev–Trinajstić information content (AvgIpc) is 1.68. The summed E-state index contributed by atoms with van der Waals surface area (Å²) in [6, 6.07) is -1.05. The van der Waals surface area contributed by atoms with Gasteiger partial charge in [0, 0.05) is 111 Å². The first-order valence-corrected chi connectivity index (χ1v) is 43.7. The Bertz CT molecular complexity index is 4870. The van der Waals surface area contributed by atoms with Gasteiger partial charge in [0.15, 0.2) is 5.96 Å². The minimum Gasteiger partial charge on any atom is -0.508 e. The zero-order chi connectivity index (χ0) is 92.9. The van der Waals surface area contributed by atoms with Gasteiger partial charge in [0.25, 0.3) is 0 Å². The first-order chi connectivity index (χ1) is 59.7. The third-order valence-corrected chi connectivity index (χ3v) is 24.1. The fraction of sp³-hybridized carbons (Fsp3) is 0.500. The number of hydrogen-bond acceptors (Lipinski definition) is 22. The molecule has 692 valence electrons. The van der Waals surface area contributed by atoms with Crippen molar-refractivity contribution in [2.24, 2.45) is 47.7 Å². The Labute approximate surface area is 743 Å². The molecule has 0 spiro atoms. The average molecular weight is 1810 g/mol. The molecule has 127 heavy (non-hydrogen) atoms. The number of carboxylic acids is 1. The van der Waals surface area contributed by atoms with Crippen LogP contribution in [-0.4, -0.2) is 257 Å². The summed E-state index contributed by atoms with van der Waals surface area (Å²) in [6.45, 7) is 10.3. The summed E-state index contributed by atoms with van der Waals surface area (Å²) in [7, 11) is 5.95. The molecule has 15 amide bonds. The quantitative estimate of drug-likeness (QED) is 0.0111. The number of para-hydroxylation sites is 2. The van der Waals surface area contributed by atoms with Crippen LogP contribution in [0.1, 0.15) is 123 Å². The SMILES string of the molecule is C.CC[C@H](C)[C@H](NC(=O)[C@H](N)Cc1ccc(O)cc1)C(=O)N[C@H]1CSSC[C@@H](C(=O)N(C)[C@H](C(N)=O)[C@@H](C)CC)NC(=O)[C@H](CCCNC(=N)N)NC(=O)[C@H](Cc2cnc[nH]2)NC(=O)[C@H](C)NC(=O)CN(C)C(=O)[C@H](Cc2c[nH]c3ccccc23)NC(=O)[C@H](CC(=O)O)NC(=O)[C@H](CCC(N)=O)NC(=O)[C@H](Cc2cn(C)c3ccccc23)NC(=O)[C@H](C(C)C)NC1=O. The fourth-order valence-corrected chi connectivity index (χ4v) is 16.5. The highest BCUT2D eigenvalue weighted by Crippen LogP contribution is 2.28. The smallest absolute Gasteiger partial charge is 0.305 e. The number of guanidine groups is 1. The number of H-pyrrole nitrogens is 2. The lowest BCUT2D eigenvalue weighted by Crippen LogP contribution is -2.62. The highest BCUT2D eigenvalue weighted by molar-refractivity contribution is 8.76. The Balaban J connectivity index is 0.0000249. The molecule has 0 bridgehead atoms. The second kappa shape index (κ2) is 49.2. The molecule has 1 saturated heterocycles. The maximum absolute atomic E-state index is 15.5. The first-order valence-electron chi connectivity index (χ1n) is 41.2. The van der Waals surface area contributed by atoms with Crippen LogP contribution in [0.2, 0.25) is 0 Å². The zero-order valence-electron chi connectivity index (χ0n) is 71.9. The number of nitrogens with two attached hydrogens (primary N) is 4. The number of imidazole rings is 1. The maximum Gasteiger partial charge on any atom is 0.305 e. The Morgan fingerprint density at radius 1 is 0.654 bits per heavy atom. The van der Waals surface area contributed by atoms with E-state index in [2.05, 4.69) is 78.8 Å². The summed E-state index contributed by atoms with van der Waals surface area (Å²) in [5.74, 6) is -20.1. The van der Waals surface area contributed by atoms with E-state index in [0.717, 1.165) is 31.4 Å². The number of phenols is 1. The number of fused-ring (bicyclic) bond motifs is 2. The van der Waals surface area contributed by atoms with Gasteiger partial charge in [-0.3, -0.25) is 82.1 Å². The Hall–Kier alpha value is -12.8. The van der Waals surface area contributed by atoms with Gasteiger partial charge in [-0.1, -0.05) is 132 Å². The third-order valence-electron chi connectivity index (χ3n) is 21.6. The molecule has 4 heterocycles. The van der Waals surface area contributed by atoms with Crippen LogP contribution in [0, 0.1) is 23.2 Å². The van der Waals surface area contributed by atoms with E-state index in [1.807, 2.05) is 0 Å². The lowest BCUT2D eigenvalue weighted by Gasteiger charge is -2.33. The van der Waals surface area contributed by atoms with Gasteiger partial charge in [-0.05, 0) is 91.3 Å². The normalized spacial score (nSPS) is 21.7. The molecule has 1 aliphatic heterocycles. The number of nitrogens with zero attached hydrogens (tertiary/aromatic N) is 4. The number of primary amides is 2. The highest BCUT2D eigenvalue weighted by atomic mass is 33.1. The molecular formula is C84H121N23O18S2. The summed E-state index contributed by atoms with van der Waals surface area (Å²) < 4.78 is 1.75. The first kappa shape index (κ1) is 103. The number of carboxylic acid groups (broad SMARTS) is 1. The fourth-order valence-electron chi connectivity index (χ4n) is 14.2. The van der Waals surface area contributed by atoms with Crippen molar-refractivity contribution in [2.75, 3.05) is 38.7 Å². The standard InChI is InChI=1S/C83H117N23O18S2.CH4/c1-11-43(5)68(103-72(114)53(84)30-46-23-25-50(107)26-24-46)80(122)100-61-39-125-126-40-62(82(124)106(10)69(70(86)112)44(6)12-2)101-73(115)55(21-17-29-90-83(87)88)94-76(118)58(33-49-36-89-41-92-49)96-71(113)45(7)93-65(109)38-105(9)81(123)60(31-47-35-91-54-20-15-13-18-51(47)54)99-77(119)59(34-66(110)111)97-74(116)56(27-28-64(85)108)95-75(117)57(98-79(121)67(42(3)4)102-78(61)120)32-48-37-104(8)63-22-16-14-19-52(48)63;/h13-16,18-20,22-26,35-37,41-45,53,55-62,67-69,91,107H,11-12,17,21,27-34,38-40,84H2,1-10H3,(H2,85,108)(H2,86,112)(H,89,92)(H,93,109)(H,94,118)(H,95,117)(H,96,113)(H,97,116)(H,98,121)(H,99,119)(H,100,122)(H,101,115)(H,102,120)(H,103,114)(H,110,111)(H4,87,88,90);1H4/t43-,44-,45-,53+,55-,56-,57-,58-,59-,60-,61-,62-,67-,68-,69-;/m0./s1. The number of likely N-dealkylation sites (N-methyl/N-ethyl adjacent to an activating group) is 2. The number of carbonyl (C=O) groups excluding carboxylic acids is 15. The summed E-state index contributed by atoms with van der Waals surface area (Å²) in [5, 5.41) is 60.8. The highest BCUT2D eigenvalue weighted by Gasteiger charge is 2.41. The van der Waals surface area contributed by atoms with E-state index >= 15 is 28.8 Å². The van der Waals surface area contributed by atoms with Crippen LogP contribution >= 0.6 is 21.6 Å². The number of benzene rings is 3. The van der Waals surface area contributed by atoms with Crippen molar-refractivity contribution in [1.82, 2.24) is 93.1 Å². The topological polar surface area (TPSA) is 642 Å². The summed E-state index contributed by atoms with van der Waals surface area (Å²) in [6.07, 6.45) is 2.85. The Morgan fingerprint density at radius 2 is 1.23 bits per heavy atom. The summed E-state index contributed by atoms with van der Waals surface area (Å²) in [5.41, 5.74) is 26.7. The summed E-state index contributed by atoms with van der Waals surface area (Å²) in [4.78, 5) is 245. The molecular weight excluding hydrogens is 1680 g/mol. The molecule has 15 atom stereocenters. The zero-order valence-corrected chi connectivity index (χ0v) is 73.6. The minimum atomic E-state index is -2.07. The van der Waals surface area contributed by atoms with Gasteiger partial charge in [0.2, 0.25) is 88.6 Å². The van der Waals surface area contributed by atoms with E-state index < -0.39 is 234 Å². The van der Waals surface area contributed by atoms with Crippen LogP contribution in [0.5, 0.6) is 5.75 Å². The number of aliphatic carboxylic acids is 1. The lowest BCUT2D eigenvalue weighted by molar-refractivity contribution is -0.142. The predicted octanol–water partition coefficient (Wildman–Crippen LogP) is -1.41. The van der Waals surface area contributed by atoms with Crippen molar-refractivity contribution in [3.05, 3.63) is 120 Å². The number of rotatable bonds is 29. The molecule has 6 aromatic rings. The van der Waals surface area contributed by atoms with Crippen molar-refractivity contribution < 1.29 is 86.9 Å². The molecule has 0 unspecified atom stereocenters. The van der Waals surface area contributed by atoms with Crippen LogP contribution in [0.25, 0.3) is 21.8 Å². The number of aromatic nitrogens is 4. The van der Waals surface area contributed by atoms with Gasteiger partial charge in [0.1, 0.15) is 78.3 Å². The Kier molecular flexibility index (Phi) is 39.9. The minimum absolute atomic E-state index is 0. The van der Waals surface area contributed by atoms with Crippen LogP contribution < -0.4 is 86.7 Å². The number of carbonyl (C=O) groups is 16. The summed E-state index contributed by atoms with van der Waals surface area (Å²) >= 11 is 0. The number of phenolic OH excluding ortho intramolecular Hbond substituents is 1. The van der Waals surface area contributed by atoms with Crippen LogP contribution in [-0.2, 0) is 109 Å². The van der Waals surface area contributed by atoms with Crippen LogP contribution in [0.15, 0.2) is 97.7 Å². The molecule has 43 heteroatoms. The number of aromatic hydroxyl groups is 1. The molecule has 41 nitrogen and oxygen atoms in total. The van der Waals surface area contributed by atoms with E-state index in [1.54, 1.807) is 126 Å². The number of aromatic amines is 2. The largest absolute Gasteiger partial charge is 0.508 e. The van der Waals surface area contributed by atoms with Crippen molar-refractivity contribution in [1.29, 1.82) is 5.41 Å². The van der Waals surface area contributed by atoms with E-state index in [9.17, 15) is 58.2 Å². The van der Waals surface area contributed by atoms with E-state index in [0.29, 0.717) is 44.9 Å².